The lowest BCUT2D eigenvalue weighted by Crippen LogP contribution is -1.96. The third kappa shape index (κ3) is 4.14. The number of aldehydes is 1. The van der Waals surface area contributed by atoms with E-state index in [0.29, 0.717) is 11.3 Å². The molecule has 0 aromatic heterocycles. The maximum Gasteiger partial charge on any atom is 0.151 e. The van der Waals surface area contributed by atoms with Crippen LogP contribution in [0, 0.1) is 0 Å². The minimum Gasteiger partial charge on any atom is -0.402 e. The first-order valence-corrected chi connectivity index (χ1v) is 3.33. The maximum absolute atomic E-state index is 10.3. The molecule has 2 nitrogen and oxygen atoms in total. The van der Waals surface area contributed by atoms with Gasteiger partial charge in [-0.05, 0) is 19.9 Å². The second-order valence-corrected chi connectivity index (χ2v) is 2.44. The molecule has 0 heterocycles. The van der Waals surface area contributed by atoms with Crippen molar-refractivity contribution in [3.8, 4) is 0 Å². The van der Waals surface area contributed by atoms with Crippen LogP contribution in [0.2, 0.25) is 0 Å². The van der Waals surface area contributed by atoms with E-state index in [1.807, 2.05) is 6.92 Å². The van der Waals surface area contributed by atoms with E-state index in [9.17, 15) is 4.79 Å². The summed E-state index contributed by atoms with van der Waals surface area (Å²) in [6.07, 6.45) is 4.14. The van der Waals surface area contributed by atoms with Crippen LogP contribution >= 0.6 is 0 Å². The van der Waals surface area contributed by atoms with E-state index in [4.69, 9.17) is 5.73 Å². The summed E-state index contributed by atoms with van der Waals surface area (Å²) in [7, 11) is 0. The van der Waals surface area contributed by atoms with E-state index in [-0.39, 0.29) is 0 Å². The minimum atomic E-state index is 0.507. The summed E-state index contributed by atoms with van der Waals surface area (Å²) in [5, 5.41) is 0. The van der Waals surface area contributed by atoms with Crippen molar-refractivity contribution in [3.05, 3.63) is 35.6 Å². The Morgan fingerprint density at radius 3 is 2.18 bits per heavy atom. The fraction of sp³-hybridized carbons (Fsp3) is 0.222. The standard InChI is InChI=1S/C9H13NO/c1-7(2)4-5-9(6-11)8(3)10/h4-6H,1,10H2,2-3H3/b5-4-,9-8-. The number of hydrogen-bond donors (Lipinski definition) is 1. The first-order chi connectivity index (χ1) is 5.07. The Labute approximate surface area is 67.1 Å². The molecule has 0 unspecified atom stereocenters. The van der Waals surface area contributed by atoms with Crippen LogP contribution in [0.3, 0.4) is 0 Å². The molecule has 0 atom stereocenters. The van der Waals surface area contributed by atoms with Gasteiger partial charge >= 0.3 is 0 Å². The van der Waals surface area contributed by atoms with Gasteiger partial charge < -0.3 is 5.73 Å². The van der Waals surface area contributed by atoms with E-state index in [2.05, 4.69) is 6.58 Å². The highest BCUT2D eigenvalue weighted by Gasteiger charge is 1.90. The van der Waals surface area contributed by atoms with Crippen LogP contribution in [0.4, 0.5) is 0 Å². The molecule has 0 aromatic carbocycles. The molecule has 0 saturated heterocycles. The number of hydrogen-bond acceptors (Lipinski definition) is 2. The average Bonchev–Trinajstić information content (AvgIpc) is 1.87. The number of allylic oxidation sites excluding steroid dienone is 5. The van der Waals surface area contributed by atoms with E-state index >= 15 is 0 Å². The van der Waals surface area contributed by atoms with Crippen LogP contribution in [0.15, 0.2) is 35.6 Å². The Hall–Kier alpha value is -1.31. The first-order valence-electron chi connectivity index (χ1n) is 3.33. The quantitative estimate of drug-likeness (QED) is 0.378. The Kier molecular flexibility index (Phi) is 3.96. The minimum absolute atomic E-state index is 0.507. The predicted molar refractivity (Wildman–Crippen MR) is 46.9 cm³/mol. The summed E-state index contributed by atoms with van der Waals surface area (Å²) < 4.78 is 0. The highest BCUT2D eigenvalue weighted by atomic mass is 16.1. The van der Waals surface area contributed by atoms with Crippen molar-refractivity contribution in [1.82, 2.24) is 0 Å². The lowest BCUT2D eigenvalue weighted by atomic mass is 10.2. The Bertz CT molecular complexity index is 220. The largest absolute Gasteiger partial charge is 0.402 e. The molecule has 0 aromatic rings. The maximum atomic E-state index is 10.3. The second-order valence-electron chi connectivity index (χ2n) is 2.44. The third-order valence-corrected chi connectivity index (χ3v) is 1.13. The summed E-state index contributed by atoms with van der Waals surface area (Å²) in [6, 6.07) is 0. The summed E-state index contributed by atoms with van der Waals surface area (Å²) >= 11 is 0. The molecule has 0 fully saturated rings. The molecule has 0 rings (SSSR count). The molecule has 0 aliphatic heterocycles. The molecule has 2 N–H and O–H groups in total. The third-order valence-electron chi connectivity index (χ3n) is 1.13. The number of carbonyl (C=O) groups is 1. The van der Waals surface area contributed by atoms with Gasteiger partial charge in [-0.15, -0.1) is 0 Å². The lowest BCUT2D eigenvalue weighted by molar-refractivity contribution is -0.104. The summed E-state index contributed by atoms with van der Waals surface area (Å²) in [5.74, 6) is 0. The van der Waals surface area contributed by atoms with E-state index < -0.39 is 0 Å². The van der Waals surface area contributed by atoms with Crippen LogP contribution < -0.4 is 5.73 Å². The second kappa shape index (κ2) is 4.50. The fourth-order valence-electron chi connectivity index (χ4n) is 0.496. The van der Waals surface area contributed by atoms with Crippen molar-refractivity contribution in [1.29, 1.82) is 0 Å². The van der Waals surface area contributed by atoms with E-state index in [1.165, 1.54) is 0 Å². The van der Waals surface area contributed by atoms with Crippen molar-refractivity contribution in [3.63, 3.8) is 0 Å². The van der Waals surface area contributed by atoms with Gasteiger partial charge in [-0.2, -0.15) is 0 Å². The molecule has 0 radical (unpaired) electrons. The summed E-state index contributed by atoms with van der Waals surface area (Å²) in [6.45, 7) is 7.19. The van der Waals surface area contributed by atoms with Crippen LogP contribution in [0.5, 0.6) is 0 Å². The normalized spacial score (nSPS) is 12.9. The van der Waals surface area contributed by atoms with Crippen molar-refractivity contribution < 1.29 is 4.79 Å². The molecule has 0 aliphatic rings. The first kappa shape index (κ1) is 9.69. The van der Waals surface area contributed by atoms with Gasteiger partial charge in [0.15, 0.2) is 6.29 Å². The van der Waals surface area contributed by atoms with Crippen molar-refractivity contribution in [2.75, 3.05) is 0 Å². The Morgan fingerprint density at radius 2 is 1.91 bits per heavy atom. The van der Waals surface area contributed by atoms with Gasteiger partial charge in [-0.25, -0.2) is 0 Å². The number of rotatable bonds is 3. The topological polar surface area (TPSA) is 43.1 Å². The van der Waals surface area contributed by atoms with Crippen molar-refractivity contribution >= 4 is 6.29 Å². The molecule has 0 bridgehead atoms. The fourth-order valence-corrected chi connectivity index (χ4v) is 0.496. The zero-order valence-corrected chi connectivity index (χ0v) is 6.92. The van der Waals surface area contributed by atoms with Crippen LogP contribution in [-0.4, -0.2) is 6.29 Å². The highest BCUT2D eigenvalue weighted by molar-refractivity contribution is 5.78. The van der Waals surface area contributed by atoms with Gasteiger partial charge in [0.25, 0.3) is 0 Å². The van der Waals surface area contributed by atoms with E-state index in [1.54, 1.807) is 19.1 Å². The molecule has 0 saturated carbocycles. The average molecular weight is 151 g/mol. The van der Waals surface area contributed by atoms with E-state index in [0.717, 1.165) is 11.9 Å². The van der Waals surface area contributed by atoms with Gasteiger partial charge in [0.2, 0.25) is 0 Å². The van der Waals surface area contributed by atoms with Crippen molar-refractivity contribution in [2.24, 2.45) is 5.73 Å². The Morgan fingerprint density at radius 1 is 1.36 bits per heavy atom. The van der Waals surface area contributed by atoms with Crippen molar-refractivity contribution in [2.45, 2.75) is 13.8 Å². The molecule has 0 spiro atoms. The highest BCUT2D eigenvalue weighted by Crippen LogP contribution is 1.99. The lowest BCUT2D eigenvalue weighted by Gasteiger charge is -1.93. The Balaban J connectivity index is 4.46. The van der Waals surface area contributed by atoms with Gasteiger partial charge in [-0.3, -0.25) is 4.79 Å². The SMILES string of the molecule is C=C(C)/C=C\C(C=O)=C(/C)N. The predicted octanol–water partition coefficient (Wildman–Crippen LogP) is 1.55. The molecular weight excluding hydrogens is 138 g/mol. The van der Waals surface area contributed by atoms with Crippen LogP contribution in [0.1, 0.15) is 13.8 Å². The van der Waals surface area contributed by atoms with Gasteiger partial charge in [-0.1, -0.05) is 18.2 Å². The zero-order valence-electron chi connectivity index (χ0n) is 6.92. The smallest absolute Gasteiger partial charge is 0.151 e. The molecule has 60 valence electrons. The van der Waals surface area contributed by atoms with Gasteiger partial charge in [0, 0.05) is 11.3 Å². The van der Waals surface area contributed by atoms with Gasteiger partial charge in [0.1, 0.15) is 0 Å². The summed E-state index contributed by atoms with van der Waals surface area (Å²) in [5.41, 5.74) is 7.33. The molecule has 0 amide bonds. The summed E-state index contributed by atoms with van der Waals surface area (Å²) in [4.78, 5) is 10.3. The van der Waals surface area contributed by atoms with Crippen LogP contribution in [0.25, 0.3) is 0 Å². The molecule has 11 heavy (non-hydrogen) atoms. The molecule has 2 heteroatoms. The molecule has 0 aliphatic carbocycles. The van der Waals surface area contributed by atoms with Crippen LogP contribution in [-0.2, 0) is 4.79 Å². The molecular formula is C9H13NO. The number of nitrogens with two attached hydrogens (primary N) is 1. The van der Waals surface area contributed by atoms with Gasteiger partial charge in [0.05, 0.1) is 0 Å². The monoisotopic (exact) mass is 151 g/mol. The zero-order chi connectivity index (χ0) is 8.85. The number of carbonyl (C=O) groups excluding carboxylic acids is 1.